The number of hydrogen-bond donors (Lipinski definition) is 0. The van der Waals surface area contributed by atoms with Gasteiger partial charge in [-0.15, -0.1) is 0 Å². The first kappa shape index (κ1) is 26.5. The molecule has 0 bridgehead atoms. The first-order chi connectivity index (χ1) is 17.1. The number of carboxylic acid groups (broad SMARTS) is 1. The third-order valence-electron chi connectivity index (χ3n) is 7.26. The fourth-order valence-corrected chi connectivity index (χ4v) is 5.16. The molecule has 0 amide bonds. The molecule has 0 N–H and O–H groups in total. The van der Waals surface area contributed by atoms with E-state index in [1.807, 2.05) is 42.5 Å². The van der Waals surface area contributed by atoms with Gasteiger partial charge in [0.2, 0.25) is 0 Å². The molecule has 0 radical (unpaired) electrons. The molecule has 2 aromatic rings. The molecule has 3 rings (SSSR count). The Morgan fingerprint density at radius 1 is 0.914 bits per heavy atom. The lowest BCUT2D eigenvalue weighted by Crippen LogP contribution is -2.49. The largest absolute Gasteiger partial charge is 0.549 e. The van der Waals surface area contributed by atoms with Gasteiger partial charge in [0.1, 0.15) is 0 Å². The van der Waals surface area contributed by atoms with E-state index < -0.39 is 17.3 Å². The summed E-state index contributed by atoms with van der Waals surface area (Å²) in [5, 5.41) is 22.7. The summed E-state index contributed by atoms with van der Waals surface area (Å²) in [5.74, 6) is -1.65. The highest BCUT2D eigenvalue weighted by Gasteiger charge is 2.42. The molecule has 0 spiro atoms. The fourth-order valence-electron chi connectivity index (χ4n) is 5.16. The summed E-state index contributed by atoms with van der Waals surface area (Å²) in [6, 6.07) is 17.6. The Bertz CT molecular complexity index is 1070. The Morgan fingerprint density at radius 3 is 2.26 bits per heavy atom. The molecule has 2 aromatic carbocycles. The third-order valence-corrected chi connectivity index (χ3v) is 7.26. The Kier molecular flexibility index (Phi) is 9.91. The van der Waals surface area contributed by atoms with Gasteiger partial charge in [-0.05, 0) is 48.4 Å². The summed E-state index contributed by atoms with van der Waals surface area (Å²) in [5.41, 5.74) is 2.92. The van der Waals surface area contributed by atoms with Crippen molar-refractivity contribution >= 4 is 5.97 Å². The first-order valence-electron chi connectivity index (χ1n) is 13.3. The number of hydrogen-bond acceptors (Lipinski definition) is 3. The van der Waals surface area contributed by atoms with Crippen LogP contribution >= 0.6 is 0 Å². The van der Waals surface area contributed by atoms with Crippen LogP contribution in [0.3, 0.4) is 0 Å². The lowest BCUT2D eigenvalue weighted by atomic mass is 9.63. The van der Waals surface area contributed by atoms with Crippen molar-refractivity contribution < 1.29 is 9.90 Å². The predicted molar refractivity (Wildman–Crippen MR) is 141 cm³/mol. The minimum absolute atomic E-state index is 0.506. The van der Waals surface area contributed by atoms with Crippen LogP contribution < -0.4 is 5.11 Å². The van der Waals surface area contributed by atoms with Crippen LogP contribution in [-0.4, -0.2) is 5.97 Å². The third kappa shape index (κ3) is 6.31. The average Bonchev–Trinajstić information content (AvgIpc) is 2.89. The molecule has 2 unspecified atom stereocenters. The molecule has 3 heteroatoms. The summed E-state index contributed by atoms with van der Waals surface area (Å²) in [6.45, 7) is 4.39. The number of aliphatic carboxylic acids is 1. The minimum atomic E-state index is -1.36. The van der Waals surface area contributed by atoms with Crippen LogP contribution in [0.15, 0.2) is 72.3 Å². The molecule has 2 atom stereocenters. The van der Waals surface area contributed by atoms with Gasteiger partial charge in [0.05, 0.1) is 23.0 Å². The molecular weight excluding hydrogens is 430 g/mol. The summed E-state index contributed by atoms with van der Waals surface area (Å²) < 4.78 is 0. The van der Waals surface area contributed by atoms with E-state index in [-0.39, 0.29) is 0 Å². The molecule has 0 saturated heterocycles. The molecular formula is C32H38NO2-. The van der Waals surface area contributed by atoms with Crippen LogP contribution in [0.5, 0.6) is 0 Å². The first-order valence-corrected chi connectivity index (χ1v) is 13.3. The van der Waals surface area contributed by atoms with Crippen molar-refractivity contribution in [1.82, 2.24) is 0 Å². The lowest BCUT2D eigenvalue weighted by molar-refractivity contribution is -0.312. The maximum Gasteiger partial charge on any atom is 0.0994 e. The number of nitrogens with zero attached hydrogens (tertiary/aromatic N) is 1. The smallest absolute Gasteiger partial charge is 0.0994 e. The van der Waals surface area contributed by atoms with Crippen LogP contribution in [-0.2, 0) is 16.6 Å². The molecule has 0 aromatic heterocycles. The van der Waals surface area contributed by atoms with E-state index in [4.69, 9.17) is 0 Å². The van der Waals surface area contributed by atoms with Crippen molar-refractivity contribution in [2.75, 3.05) is 0 Å². The molecule has 3 nitrogen and oxygen atoms in total. The van der Waals surface area contributed by atoms with Crippen LogP contribution in [0.2, 0.25) is 0 Å². The van der Waals surface area contributed by atoms with Crippen LogP contribution in [0, 0.1) is 11.3 Å². The number of aryl methyl sites for hydroxylation is 1. The number of carboxylic acids is 1. The topological polar surface area (TPSA) is 63.9 Å². The second-order valence-electron chi connectivity index (χ2n) is 9.73. The zero-order valence-electron chi connectivity index (χ0n) is 21.3. The van der Waals surface area contributed by atoms with Gasteiger partial charge >= 0.3 is 0 Å². The van der Waals surface area contributed by atoms with Gasteiger partial charge in [-0.25, -0.2) is 0 Å². The number of rotatable bonds is 13. The molecule has 1 aliphatic carbocycles. The number of allylic oxidation sites excluding steroid dienone is 3. The minimum Gasteiger partial charge on any atom is -0.549 e. The van der Waals surface area contributed by atoms with Crippen molar-refractivity contribution in [3.63, 3.8) is 0 Å². The predicted octanol–water partition coefficient (Wildman–Crippen LogP) is 6.92. The van der Waals surface area contributed by atoms with E-state index in [1.54, 1.807) is 6.07 Å². The van der Waals surface area contributed by atoms with Crippen molar-refractivity contribution in [2.45, 2.75) is 89.4 Å². The highest BCUT2D eigenvalue weighted by molar-refractivity contribution is 5.86. The normalized spacial score (nSPS) is 19.2. The van der Waals surface area contributed by atoms with Gasteiger partial charge in [-0.2, -0.15) is 5.26 Å². The van der Waals surface area contributed by atoms with Crippen molar-refractivity contribution in [3.05, 3.63) is 94.6 Å². The Balaban J connectivity index is 1.97. The van der Waals surface area contributed by atoms with Crippen molar-refractivity contribution in [1.29, 1.82) is 5.26 Å². The van der Waals surface area contributed by atoms with Gasteiger partial charge in [0.15, 0.2) is 0 Å². The van der Waals surface area contributed by atoms with Gasteiger partial charge in [0.25, 0.3) is 0 Å². The number of carbonyl (C=O) groups excluding carboxylic acids is 1. The van der Waals surface area contributed by atoms with E-state index in [9.17, 15) is 15.2 Å². The lowest BCUT2D eigenvalue weighted by Gasteiger charge is -2.41. The molecule has 35 heavy (non-hydrogen) atoms. The second-order valence-corrected chi connectivity index (χ2v) is 9.73. The van der Waals surface area contributed by atoms with Crippen LogP contribution in [0.25, 0.3) is 0 Å². The van der Waals surface area contributed by atoms with Crippen LogP contribution in [0.1, 0.15) is 99.8 Å². The molecule has 0 aliphatic heterocycles. The molecule has 0 heterocycles. The van der Waals surface area contributed by atoms with E-state index in [0.717, 1.165) is 49.7 Å². The highest BCUT2D eigenvalue weighted by Crippen LogP contribution is 2.46. The molecule has 0 saturated carbocycles. The van der Waals surface area contributed by atoms with Gasteiger partial charge in [-0.1, -0.05) is 119 Å². The van der Waals surface area contributed by atoms with E-state index >= 15 is 0 Å². The Morgan fingerprint density at radius 2 is 1.57 bits per heavy atom. The maximum atomic E-state index is 12.9. The van der Waals surface area contributed by atoms with Gasteiger partial charge < -0.3 is 9.90 Å². The highest BCUT2D eigenvalue weighted by atomic mass is 16.4. The number of unbranched alkanes of at least 4 members (excludes halogenated alkanes) is 6. The molecule has 1 aliphatic rings. The standard InChI is InChI=1S/C32H39NO2/c1-3-5-7-8-10-13-25-17-19-28(20-18-25)32(31(34)35)22-21-26(14-9-6-4-2)23-30(32)29-16-12-11-15-27(29)24-33/h11-12,15-23,30H,3-10,13-14H2,1-2H3,(H,34,35)/p-1. The summed E-state index contributed by atoms with van der Waals surface area (Å²) in [4.78, 5) is 12.9. The van der Waals surface area contributed by atoms with Crippen LogP contribution in [0.4, 0.5) is 0 Å². The summed E-state index contributed by atoms with van der Waals surface area (Å²) in [7, 11) is 0. The number of carbonyl (C=O) groups is 1. The zero-order valence-corrected chi connectivity index (χ0v) is 21.3. The van der Waals surface area contributed by atoms with E-state index in [0.29, 0.717) is 11.1 Å². The number of nitriles is 1. The Labute approximate surface area is 211 Å². The molecule has 0 fully saturated rings. The SMILES string of the molecule is CCCCCCCc1ccc(C2(C(=O)[O-])C=CC(CCCCC)=CC2c2ccccc2C#N)cc1. The second kappa shape index (κ2) is 13.1. The van der Waals surface area contributed by atoms with E-state index in [2.05, 4.69) is 38.1 Å². The van der Waals surface area contributed by atoms with Crippen molar-refractivity contribution in [2.24, 2.45) is 0 Å². The zero-order chi connectivity index (χ0) is 25.1. The fraction of sp³-hybridized carbons (Fsp3) is 0.438. The quantitative estimate of drug-likeness (QED) is 0.300. The monoisotopic (exact) mass is 468 g/mol. The summed E-state index contributed by atoms with van der Waals surface area (Å²) in [6.07, 6.45) is 17.2. The molecule has 184 valence electrons. The van der Waals surface area contributed by atoms with Gasteiger partial charge in [0, 0.05) is 5.92 Å². The van der Waals surface area contributed by atoms with Crippen molar-refractivity contribution in [3.8, 4) is 6.07 Å². The van der Waals surface area contributed by atoms with E-state index in [1.165, 1.54) is 31.2 Å². The summed E-state index contributed by atoms with van der Waals surface area (Å²) >= 11 is 0. The average molecular weight is 469 g/mol. The number of benzene rings is 2. The maximum absolute atomic E-state index is 12.9. The Hall–Kier alpha value is -3.12. The van der Waals surface area contributed by atoms with Gasteiger partial charge in [-0.3, -0.25) is 0 Å².